The molecule has 0 saturated carbocycles. The smallest absolute Gasteiger partial charge is 0.170 e. The van der Waals surface area contributed by atoms with E-state index in [9.17, 15) is 9.18 Å². The van der Waals surface area contributed by atoms with E-state index < -0.39 is 0 Å². The molecule has 2 atom stereocenters. The minimum Gasteiger partial charge on any atom is -0.378 e. The highest BCUT2D eigenvalue weighted by Gasteiger charge is 2.30. The van der Waals surface area contributed by atoms with Gasteiger partial charge in [-0.05, 0) is 25.5 Å². The summed E-state index contributed by atoms with van der Waals surface area (Å²) in [5.41, 5.74) is 1.09. The molecule has 1 aliphatic rings. The zero-order valence-corrected chi connectivity index (χ0v) is 10.1. The number of ketones is 1. The number of rotatable bonds is 2. The van der Waals surface area contributed by atoms with Gasteiger partial charge in [-0.3, -0.25) is 4.79 Å². The van der Waals surface area contributed by atoms with E-state index in [0.717, 1.165) is 0 Å². The van der Waals surface area contributed by atoms with Crippen molar-refractivity contribution in [2.24, 2.45) is 5.92 Å². The average Bonchev–Trinajstić information content (AvgIpc) is 2.95. The Kier molecular flexibility index (Phi) is 2.67. The SMILES string of the molecule is CC1CC(C(=O)c2c[nH]c3cccc(F)c23)CO1. The lowest BCUT2D eigenvalue weighted by molar-refractivity contribution is 0.0879. The van der Waals surface area contributed by atoms with E-state index in [1.807, 2.05) is 6.92 Å². The lowest BCUT2D eigenvalue weighted by Crippen LogP contribution is -2.14. The van der Waals surface area contributed by atoms with Crippen LogP contribution < -0.4 is 0 Å². The summed E-state index contributed by atoms with van der Waals surface area (Å²) in [6.45, 7) is 2.38. The molecule has 4 heteroatoms. The lowest BCUT2D eigenvalue weighted by atomic mass is 9.95. The molecule has 0 spiro atoms. The molecule has 3 nitrogen and oxygen atoms in total. The maximum absolute atomic E-state index is 13.8. The zero-order valence-electron chi connectivity index (χ0n) is 10.1. The quantitative estimate of drug-likeness (QED) is 0.829. The van der Waals surface area contributed by atoms with Gasteiger partial charge in [-0.15, -0.1) is 0 Å². The van der Waals surface area contributed by atoms with Gasteiger partial charge in [-0.1, -0.05) is 6.07 Å². The third kappa shape index (κ3) is 1.73. The number of carbonyl (C=O) groups is 1. The molecule has 1 fully saturated rings. The molecule has 2 unspecified atom stereocenters. The monoisotopic (exact) mass is 247 g/mol. The number of hydrogen-bond acceptors (Lipinski definition) is 2. The largest absolute Gasteiger partial charge is 0.378 e. The highest BCUT2D eigenvalue weighted by atomic mass is 19.1. The van der Waals surface area contributed by atoms with E-state index in [1.54, 1.807) is 18.3 Å². The standard InChI is InChI=1S/C14H14FNO2/c1-8-5-9(7-18-8)14(17)10-6-16-12-4-2-3-11(15)13(10)12/h2-4,6,8-9,16H,5,7H2,1H3. The Hall–Kier alpha value is -1.68. The van der Waals surface area contributed by atoms with Crippen molar-refractivity contribution < 1.29 is 13.9 Å². The van der Waals surface area contributed by atoms with Crippen LogP contribution in [0, 0.1) is 11.7 Å². The van der Waals surface area contributed by atoms with Crippen LogP contribution in [-0.4, -0.2) is 23.5 Å². The van der Waals surface area contributed by atoms with Gasteiger partial charge in [0.2, 0.25) is 0 Å². The molecule has 1 N–H and O–H groups in total. The van der Waals surface area contributed by atoms with Crippen molar-refractivity contribution in [3.63, 3.8) is 0 Å². The normalized spacial score (nSPS) is 23.7. The van der Waals surface area contributed by atoms with E-state index in [4.69, 9.17) is 4.74 Å². The van der Waals surface area contributed by atoms with Gasteiger partial charge in [0.15, 0.2) is 5.78 Å². The number of H-pyrrole nitrogens is 1. The van der Waals surface area contributed by atoms with Crippen molar-refractivity contribution in [2.75, 3.05) is 6.61 Å². The van der Waals surface area contributed by atoms with Crippen molar-refractivity contribution in [2.45, 2.75) is 19.4 Å². The Morgan fingerprint density at radius 3 is 3.06 bits per heavy atom. The van der Waals surface area contributed by atoms with Crippen LogP contribution in [0.4, 0.5) is 4.39 Å². The maximum atomic E-state index is 13.8. The van der Waals surface area contributed by atoms with Crippen LogP contribution >= 0.6 is 0 Å². The van der Waals surface area contributed by atoms with Gasteiger partial charge in [0, 0.05) is 28.6 Å². The zero-order chi connectivity index (χ0) is 12.7. The van der Waals surface area contributed by atoms with Crippen LogP contribution in [-0.2, 0) is 4.74 Å². The fourth-order valence-corrected chi connectivity index (χ4v) is 2.55. The first-order valence-corrected chi connectivity index (χ1v) is 6.08. The average molecular weight is 247 g/mol. The highest BCUT2D eigenvalue weighted by Crippen LogP contribution is 2.28. The molecule has 0 radical (unpaired) electrons. The summed E-state index contributed by atoms with van der Waals surface area (Å²) in [7, 11) is 0. The molecule has 1 aromatic carbocycles. The van der Waals surface area contributed by atoms with E-state index >= 15 is 0 Å². The first-order valence-electron chi connectivity index (χ1n) is 6.08. The fraction of sp³-hybridized carbons (Fsp3) is 0.357. The third-order valence-electron chi connectivity index (χ3n) is 3.49. The van der Waals surface area contributed by atoms with Gasteiger partial charge >= 0.3 is 0 Å². The molecule has 2 heterocycles. The molecule has 0 bridgehead atoms. The minimum atomic E-state index is -0.357. The van der Waals surface area contributed by atoms with Crippen LogP contribution in [0.15, 0.2) is 24.4 Å². The second kappa shape index (κ2) is 4.21. The van der Waals surface area contributed by atoms with Crippen LogP contribution in [0.25, 0.3) is 10.9 Å². The first-order chi connectivity index (χ1) is 8.66. The molecule has 1 aromatic heterocycles. The summed E-state index contributed by atoms with van der Waals surface area (Å²) in [5.74, 6) is -0.543. The molecule has 0 aliphatic carbocycles. The molecule has 0 amide bonds. The molecular formula is C14H14FNO2. The Labute approximate surface area is 104 Å². The van der Waals surface area contributed by atoms with Gasteiger partial charge in [0.25, 0.3) is 0 Å². The second-order valence-corrected chi connectivity index (χ2v) is 4.81. The van der Waals surface area contributed by atoms with Crippen LogP contribution in [0.2, 0.25) is 0 Å². The number of halogens is 1. The van der Waals surface area contributed by atoms with E-state index in [1.165, 1.54) is 6.07 Å². The predicted octanol–water partition coefficient (Wildman–Crippen LogP) is 2.91. The number of fused-ring (bicyclic) bond motifs is 1. The minimum absolute atomic E-state index is 0.0318. The van der Waals surface area contributed by atoms with E-state index in [-0.39, 0.29) is 23.6 Å². The topological polar surface area (TPSA) is 42.1 Å². The molecule has 94 valence electrons. The van der Waals surface area contributed by atoms with Gasteiger partial charge < -0.3 is 9.72 Å². The number of carbonyl (C=O) groups excluding carboxylic acids is 1. The summed E-state index contributed by atoms with van der Waals surface area (Å²) < 4.78 is 19.2. The van der Waals surface area contributed by atoms with Gasteiger partial charge in [-0.25, -0.2) is 4.39 Å². The Morgan fingerprint density at radius 1 is 1.50 bits per heavy atom. The second-order valence-electron chi connectivity index (χ2n) is 4.81. The van der Waals surface area contributed by atoms with Crippen LogP contribution in [0.3, 0.4) is 0 Å². The van der Waals surface area contributed by atoms with Crippen molar-refractivity contribution in [1.29, 1.82) is 0 Å². The molecule has 1 aliphatic heterocycles. The van der Waals surface area contributed by atoms with Gasteiger partial charge in [0.1, 0.15) is 5.82 Å². The van der Waals surface area contributed by atoms with Crippen molar-refractivity contribution in [3.8, 4) is 0 Å². The number of aromatic amines is 1. The summed E-state index contributed by atoms with van der Waals surface area (Å²) in [4.78, 5) is 15.3. The van der Waals surface area contributed by atoms with Crippen LogP contribution in [0.5, 0.6) is 0 Å². The number of Topliss-reactive ketones (excluding diaryl/α,β-unsaturated/α-hetero) is 1. The Morgan fingerprint density at radius 2 is 2.33 bits per heavy atom. The number of hydrogen-bond donors (Lipinski definition) is 1. The molecule has 2 aromatic rings. The Bertz CT molecular complexity index is 605. The molecule has 1 saturated heterocycles. The number of benzene rings is 1. The summed E-state index contributed by atoms with van der Waals surface area (Å²) >= 11 is 0. The van der Waals surface area contributed by atoms with Crippen molar-refractivity contribution in [1.82, 2.24) is 4.98 Å². The van der Waals surface area contributed by atoms with Gasteiger partial charge in [-0.2, -0.15) is 0 Å². The van der Waals surface area contributed by atoms with E-state index in [0.29, 0.717) is 29.5 Å². The fourth-order valence-electron chi connectivity index (χ4n) is 2.55. The molecule has 18 heavy (non-hydrogen) atoms. The van der Waals surface area contributed by atoms with E-state index in [2.05, 4.69) is 4.98 Å². The van der Waals surface area contributed by atoms with Crippen molar-refractivity contribution >= 4 is 16.7 Å². The number of aromatic nitrogens is 1. The Balaban J connectivity index is 2.02. The summed E-state index contributed by atoms with van der Waals surface area (Å²) in [5, 5.41) is 0.391. The number of nitrogens with one attached hydrogen (secondary N) is 1. The molecular weight excluding hydrogens is 233 g/mol. The number of ether oxygens (including phenoxy) is 1. The summed E-state index contributed by atoms with van der Waals surface area (Å²) in [6, 6.07) is 4.77. The highest BCUT2D eigenvalue weighted by molar-refractivity contribution is 6.09. The predicted molar refractivity (Wildman–Crippen MR) is 66.1 cm³/mol. The lowest BCUT2D eigenvalue weighted by Gasteiger charge is -2.05. The first kappa shape index (κ1) is 11.4. The third-order valence-corrected chi connectivity index (χ3v) is 3.49. The molecule has 3 rings (SSSR count). The van der Waals surface area contributed by atoms with Crippen molar-refractivity contribution in [3.05, 3.63) is 35.8 Å². The van der Waals surface area contributed by atoms with Gasteiger partial charge in [0.05, 0.1) is 12.7 Å². The van der Waals surface area contributed by atoms with Crippen LogP contribution in [0.1, 0.15) is 23.7 Å². The maximum Gasteiger partial charge on any atom is 0.170 e. The summed E-state index contributed by atoms with van der Waals surface area (Å²) in [6.07, 6.45) is 2.41.